The lowest BCUT2D eigenvalue weighted by Crippen LogP contribution is -2.51. The molecule has 8 heteroatoms. The van der Waals surface area contributed by atoms with Gasteiger partial charge in [0.1, 0.15) is 6.10 Å². The summed E-state index contributed by atoms with van der Waals surface area (Å²) in [5.41, 5.74) is 2.18. The molecule has 1 unspecified atom stereocenters. The number of rotatable bonds is 7. The van der Waals surface area contributed by atoms with Crippen molar-refractivity contribution in [2.24, 2.45) is 13.0 Å². The lowest BCUT2D eigenvalue weighted by molar-refractivity contribution is -0.151. The largest absolute Gasteiger partial charge is 0.490 e. The van der Waals surface area contributed by atoms with Gasteiger partial charge >= 0.3 is 0 Å². The van der Waals surface area contributed by atoms with Gasteiger partial charge in [-0.05, 0) is 23.6 Å². The van der Waals surface area contributed by atoms with Gasteiger partial charge in [0.05, 0.1) is 26.0 Å². The molecule has 32 heavy (non-hydrogen) atoms. The molecule has 1 atom stereocenters. The number of fused-ring (bicyclic) bond motifs is 1. The fraction of sp³-hybridized carbons (Fsp3) is 0.583. The highest BCUT2D eigenvalue weighted by atomic mass is 16.5. The van der Waals surface area contributed by atoms with E-state index in [1.807, 2.05) is 42.5 Å². The Hall–Kier alpha value is -2.58. The van der Waals surface area contributed by atoms with E-state index in [0.717, 1.165) is 42.1 Å². The van der Waals surface area contributed by atoms with Crippen LogP contribution in [0.4, 0.5) is 0 Å². The van der Waals surface area contributed by atoms with Crippen molar-refractivity contribution in [3.05, 3.63) is 41.7 Å². The summed E-state index contributed by atoms with van der Waals surface area (Å²) in [6.45, 7) is 9.49. The van der Waals surface area contributed by atoms with E-state index in [9.17, 15) is 4.79 Å². The standard InChI is InChI=1S/C24H34N4O4/c1-18(2)13-28(16-19-5-6-21-22(11-19)31-9-4-8-30-21)24(29)23-17-27(7-10-32-23)15-20-12-25-26(3)14-20/h5-6,11-12,14,18,23H,4,7-10,13,15-17H2,1-3H3. The Balaban J connectivity index is 1.43. The Morgan fingerprint density at radius 1 is 1.19 bits per heavy atom. The molecule has 3 heterocycles. The van der Waals surface area contributed by atoms with E-state index >= 15 is 0 Å². The van der Waals surface area contributed by atoms with Crippen molar-refractivity contribution < 1.29 is 19.0 Å². The molecule has 8 nitrogen and oxygen atoms in total. The zero-order valence-corrected chi connectivity index (χ0v) is 19.3. The Kier molecular flexibility index (Phi) is 7.32. The molecule has 1 aromatic heterocycles. The number of hydrogen-bond acceptors (Lipinski definition) is 6. The molecule has 0 spiro atoms. The summed E-state index contributed by atoms with van der Waals surface area (Å²) in [7, 11) is 1.92. The molecule has 1 saturated heterocycles. The summed E-state index contributed by atoms with van der Waals surface area (Å²) in [5, 5.41) is 4.24. The van der Waals surface area contributed by atoms with E-state index in [2.05, 4.69) is 23.8 Å². The molecule has 2 aliphatic rings. The van der Waals surface area contributed by atoms with Crippen LogP contribution in [0.15, 0.2) is 30.6 Å². The maximum atomic E-state index is 13.5. The second-order valence-electron chi connectivity index (χ2n) is 9.06. The topological polar surface area (TPSA) is 69.1 Å². The number of ether oxygens (including phenoxy) is 3. The molecule has 4 rings (SSSR count). The van der Waals surface area contributed by atoms with Gasteiger partial charge in [0, 0.05) is 58.0 Å². The zero-order valence-electron chi connectivity index (χ0n) is 19.3. The lowest BCUT2D eigenvalue weighted by Gasteiger charge is -2.35. The van der Waals surface area contributed by atoms with Crippen molar-refractivity contribution in [3.8, 4) is 11.5 Å². The Labute approximate surface area is 190 Å². The number of benzene rings is 1. The Morgan fingerprint density at radius 3 is 2.75 bits per heavy atom. The summed E-state index contributed by atoms with van der Waals surface area (Å²) in [4.78, 5) is 17.7. The van der Waals surface area contributed by atoms with Gasteiger partial charge in [0.15, 0.2) is 11.5 Å². The fourth-order valence-corrected chi connectivity index (χ4v) is 4.21. The van der Waals surface area contributed by atoms with Gasteiger partial charge in [0.25, 0.3) is 5.91 Å². The first-order valence-corrected chi connectivity index (χ1v) is 11.5. The highest BCUT2D eigenvalue weighted by Gasteiger charge is 2.31. The van der Waals surface area contributed by atoms with Crippen molar-refractivity contribution >= 4 is 5.91 Å². The van der Waals surface area contributed by atoms with Crippen LogP contribution in [0.2, 0.25) is 0 Å². The number of aryl methyl sites for hydroxylation is 1. The number of carbonyl (C=O) groups excluding carboxylic acids is 1. The monoisotopic (exact) mass is 442 g/mol. The van der Waals surface area contributed by atoms with E-state index in [-0.39, 0.29) is 5.91 Å². The van der Waals surface area contributed by atoms with Crippen LogP contribution in [-0.2, 0) is 29.7 Å². The second kappa shape index (κ2) is 10.4. The van der Waals surface area contributed by atoms with Gasteiger partial charge < -0.3 is 19.1 Å². The molecular weight excluding hydrogens is 408 g/mol. The molecule has 0 bridgehead atoms. The first-order chi connectivity index (χ1) is 15.5. The lowest BCUT2D eigenvalue weighted by atomic mass is 10.1. The maximum absolute atomic E-state index is 13.5. The van der Waals surface area contributed by atoms with Gasteiger partial charge in [-0.25, -0.2) is 0 Å². The molecule has 1 fully saturated rings. The van der Waals surface area contributed by atoms with Gasteiger partial charge in [0.2, 0.25) is 0 Å². The normalized spacial score (nSPS) is 19.1. The van der Waals surface area contributed by atoms with Crippen molar-refractivity contribution in [3.63, 3.8) is 0 Å². The number of hydrogen-bond donors (Lipinski definition) is 0. The number of morpholine rings is 1. The molecular formula is C24H34N4O4. The third-order valence-corrected chi connectivity index (χ3v) is 5.67. The average molecular weight is 443 g/mol. The molecule has 0 N–H and O–H groups in total. The molecule has 174 valence electrons. The van der Waals surface area contributed by atoms with Gasteiger partial charge in [-0.1, -0.05) is 19.9 Å². The smallest absolute Gasteiger partial charge is 0.253 e. The molecule has 2 aliphatic heterocycles. The minimum atomic E-state index is -0.459. The Bertz CT molecular complexity index is 913. The summed E-state index contributed by atoms with van der Waals surface area (Å²) >= 11 is 0. The molecule has 0 radical (unpaired) electrons. The summed E-state index contributed by atoms with van der Waals surface area (Å²) in [6.07, 6.45) is 4.30. The van der Waals surface area contributed by atoms with Crippen molar-refractivity contribution in [1.82, 2.24) is 19.6 Å². The van der Waals surface area contributed by atoms with Crippen LogP contribution in [0.3, 0.4) is 0 Å². The molecule has 2 aromatic rings. The fourth-order valence-electron chi connectivity index (χ4n) is 4.21. The first-order valence-electron chi connectivity index (χ1n) is 11.5. The number of nitrogens with zero attached hydrogens (tertiary/aromatic N) is 4. The van der Waals surface area contributed by atoms with Crippen molar-refractivity contribution in [2.45, 2.75) is 39.5 Å². The SMILES string of the molecule is CC(C)CN(Cc1ccc2c(c1)OCCCO2)C(=O)C1CN(Cc2cnn(C)c2)CCO1. The zero-order chi connectivity index (χ0) is 22.5. The van der Waals surface area contributed by atoms with E-state index in [1.165, 1.54) is 0 Å². The Morgan fingerprint density at radius 2 is 2.00 bits per heavy atom. The highest BCUT2D eigenvalue weighted by Crippen LogP contribution is 2.31. The quantitative estimate of drug-likeness (QED) is 0.656. The molecule has 0 aliphatic carbocycles. The third-order valence-electron chi connectivity index (χ3n) is 5.67. The summed E-state index contributed by atoms with van der Waals surface area (Å²) < 4.78 is 19.3. The average Bonchev–Trinajstić information content (AvgIpc) is 3.03. The van der Waals surface area contributed by atoms with Crippen LogP contribution in [0, 0.1) is 5.92 Å². The maximum Gasteiger partial charge on any atom is 0.253 e. The van der Waals surface area contributed by atoms with Crippen LogP contribution in [0.1, 0.15) is 31.4 Å². The van der Waals surface area contributed by atoms with E-state index in [4.69, 9.17) is 14.2 Å². The van der Waals surface area contributed by atoms with Crippen LogP contribution < -0.4 is 9.47 Å². The molecule has 1 amide bonds. The summed E-state index contributed by atoms with van der Waals surface area (Å²) in [6, 6.07) is 5.96. The van der Waals surface area contributed by atoms with Crippen LogP contribution in [-0.4, -0.2) is 71.0 Å². The molecule has 1 aromatic carbocycles. The van der Waals surface area contributed by atoms with Gasteiger partial charge in [-0.15, -0.1) is 0 Å². The minimum Gasteiger partial charge on any atom is -0.490 e. The van der Waals surface area contributed by atoms with Crippen molar-refractivity contribution in [1.29, 1.82) is 0 Å². The van der Waals surface area contributed by atoms with E-state index < -0.39 is 6.10 Å². The van der Waals surface area contributed by atoms with E-state index in [0.29, 0.717) is 45.4 Å². The minimum absolute atomic E-state index is 0.0432. The number of aromatic nitrogens is 2. The third kappa shape index (κ3) is 5.81. The van der Waals surface area contributed by atoms with E-state index in [1.54, 1.807) is 4.68 Å². The summed E-state index contributed by atoms with van der Waals surface area (Å²) in [5.74, 6) is 1.93. The van der Waals surface area contributed by atoms with Crippen LogP contribution in [0.25, 0.3) is 0 Å². The highest BCUT2D eigenvalue weighted by molar-refractivity contribution is 5.81. The van der Waals surface area contributed by atoms with Crippen LogP contribution >= 0.6 is 0 Å². The number of carbonyl (C=O) groups is 1. The van der Waals surface area contributed by atoms with Crippen molar-refractivity contribution in [2.75, 3.05) is 39.5 Å². The van der Waals surface area contributed by atoms with Gasteiger partial charge in [-0.3, -0.25) is 14.4 Å². The number of amides is 1. The molecule has 0 saturated carbocycles. The first kappa shape index (κ1) is 22.6. The van der Waals surface area contributed by atoms with Gasteiger partial charge in [-0.2, -0.15) is 5.10 Å². The second-order valence-corrected chi connectivity index (χ2v) is 9.06. The van der Waals surface area contributed by atoms with Crippen LogP contribution in [0.5, 0.6) is 11.5 Å². The predicted octanol–water partition coefficient (Wildman–Crippen LogP) is 2.47. The predicted molar refractivity (Wildman–Crippen MR) is 121 cm³/mol.